The molecular formula is C17H14Cl2N2O2S. The number of anilines is 1. The molecule has 4 nitrogen and oxygen atoms in total. The summed E-state index contributed by atoms with van der Waals surface area (Å²) in [6.07, 6.45) is 0. The highest BCUT2D eigenvalue weighted by Gasteiger charge is 2.11. The fraction of sp³-hybridized carbons (Fsp3) is 0.176. The first-order valence-electron chi connectivity index (χ1n) is 7.18. The summed E-state index contributed by atoms with van der Waals surface area (Å²) >= 11 is 13.3. The van der Waals surface area contributed by atoms with Gasteiger partial charge in [-0.1, -0.05) is 40.6 Å². The molecule has 0 spiro atoms. The maximum atomic E-state index is 12.1. The molecule has 0 bridgehead atoms. The Morgan fingerprint density at radius 3 is 2.79 bits per heavy atom. The molecule has 0 aliphatic heterocycles. The van der Waals surface area contributed by atoms with Crippen LogP contribution in [0.25, 0.3) is 10.2 Å². The summed E-state index contributed by atoms with van der Waals surface area (Å²) in [5.74, 6) is 0.112. The molecule has 3 rings (SSSR count). The molecule has 0 unspecified atom stereocenters. The molecule has 2 aromatic carbocycles. The Hall–Kier alpha value is -1.82. The summed E-state index contributed by atoms with van der Waals surface area (Å²) in [6, 6.07) is 8.97. The first kappa shape index (κ1) is 17.0. The van der Waals surface area contributed by atoms with Crippen LogP contribution in [0.3, 0.4) is 0 Å². The zero-order valence-corrected chi connectivity index (χ0v) is 15.4. The number of carbonyl (C=O) groups is 1. The summed E-state index contributed by atoms with van der Waals surface area (Å²) in [7, 11) is 0. The Balaban J connectivity index is 1.67. The number of hydrogen-bond acceptors (Lipinski definition) is 4. The summed E-state index contributed by atoms with van der Waals surface area (Å²) in [5, 5.41) is 4.18. The molecule has 0 aliphatic rings. The molecule has 7 heteroatoms. The molecule has 0 saturated heterocycles. The van der Waals surface area contributed by atoms with Crippen molar-refractivity contribution in [2.45, 2.75) is 13.8 Å². The first-order valence-corrected chi connectivity index (χ1v) is 8.75. The minimum absolute atomic E-state index is 0.157. The molecule has 1 amide bonds. The van der Waals surface area contributed by atoms with Crippen LogP contribution >= 0.6 is 34.5 Å². The average Bonchev–Trinajstić information content (AvgIpc) is 2.89. The topological polar surface area (TPSA) is 51.2 Å². The number of thiazole rings is 1. The van der Waals surface area contributed by atoms with Gasteiger partial charge in [0.1, 0.15) is 5.75 Å². The van der Waals surface area contributed by atoms with E-state index in [9.17, 15) is 4.79 Å². The van der Waals surface area contributed by atoms with E-state index in [1.165, 1.54) is 16.9 Å². The zero-order chi connectivity index (χ0) is 17.3. The van der Waals surface area contributed by atoms with E-state index < -0.39 is 0 Å². The van der Waals surface area contributed by atoms with E-state index in [1.54, 1.807) is 18.2 Å². The minimum Gasteiger partial charge on any atom is -0.482 e. The third-order valence-corrected chi connectivity index (χ3v) is 4.78. The van der Waals surface area contributed by atoms with Gasteiger partial charge >= 0.3 is 0 Å². The Bertz CT molecular complexity index is 924. The second kappa shape index (κ2) is 6.97. The number of aromatic nitrogens is 1. The fourth-order valence-electron chi connectivity index (χ4n) is 2.31. The van der Waals surface area contributed by atoms with Crippen molar-refractivity contribution in [3.05, 3.63) is 51.5 Å². The lowest BCUT2D eigenvalue weighted by Gasteiger charge is -2.07. The van der Waals surface area contributed by atoms with E-state index in [-0.39, 0.29) is 12.5 Å². The van der Waals surface area contributed by atoms with E-state index in [4.69, 9.17) is 27.9 Å². The maximum absolute atomic E-state index is 12.1. The van der Waals surface area contributed by atoms with Crippen LogP contribution in [-0.2, 0) is 4.79 Å². The molecule has 0 atom stereocenters. The van der Waals surface area contributed by atoms with Gasteiger partial charge in [-0.05, 0) is 49.2 Å². The Morgan fingerprint density at radius 1 is 1.25 bits per heavy atom. The lowest BCUT2D eigenvalue weighted by Crippen LogP contribution is -2.20. The van der Waals surface area contributed by atoms with Crippen LogP contribution in [0.15, 0.2) is 30.3 Å². The summed E-state index contributed by atoms with van der Waals surface area (Å²) in [5.41, 5.74) is 3.16. The van der Waals surface area contributed by atoms with Crippen LogP contribution in [0.1, 0.15) is 11.1 Å². The number of ether oxygens (including phenoxy) is 1. The van der Waals surface area contributed by atoms with Gasteiger partial charge in [0.05, 0.1) is 15.2 Å². The second-order valence-corrected chi connectivity index (χ2v) is 7.23. The Morgan fingerprint density at radius 2 is 2.04 bits per heavy atom. The third-order valence-electron chi connectivity index (χ3n) is 3.33. The molecule has 0 aliphatic carbocycles. The Kier molecular flexibility index (Phi) is 4.94. The van der Waals surface area contributed by atoms with E-state index in [1.807, 2.05) is 13.8 Å². The number of nitrogens with zero attached hydrogens (tertiary/aromatic N) is 1. The molecule has 24 heavy (non-hydrogen) atoms. The molecule has 0 radical (unpaired) electrons. The highest BCUT2D eigenvalue weighted by Crippen LogP contribution is 2.30. The molecule has 1 heterocycles. The number of carbonyl (C=O) groups excluding carboxylic acids is 1. The van der Waals surface area contributed by atoms with Crippen LogP contribution in [0.5, 0.6) is 5.75 Å². The quantitative estimate of drug-likeness (QED) is 0.673. The average molecular weight is 381 g/mol. The largest absolute Gasteiger partial charge is 0.482 e. The van der Waals surface area contributed by atoms with Gasteiger partial charge in [0.25, 0.3) is 5.91 Å². The van der Waals surface area contributed by atoms with Gasteiger partial charge in [0, 0.05) is 5.02 Å². The minimum atomic E-state index is -0.297. The SMILES string of the molecule is Cc1cc(C)c2nc(NC(=O)COc3ccc(Cl)cc3Cl)sc2c1. The van der Waals surface area contributed by atoms with E-state index in [2.05, 4.69) is 22.4 Å². The predicted octanol–water partition coefficient (Wildman–Crippen LogP) is 5.24. The van der Waals surface area contributed by atoms with Crippen molar-refractivity contribution < 1.29 is 9.53 Å². The van der Waals surface area contributed by atoms with Gasteiger partial charge in [-0.3, -0.25) is 10.1 Å². The van der Waals surface area contributed by atoms with Crippen molar-refractivity contribution in [1.82, 2.24) is 4.98 Å². The van der Waals surface area contributed by atoms with Crippen molar-refractivity contribution in [1.29, 1.82) is 0 Å². The number of halogens is 2. The van der Waals surface area contributed by atoms with Crippen LogP contribution in [-0.4, -0.2) is 17.5 Å². The maximum Gasteiger partial charge on any atom is 0.264 e. The molecule has 124 valence electrons. The van der Waals surface area contributed by atoms with Crippen LogP contribution < -0.4 is 10.1 Å². The normalized spacial score (nSPS) is 10.8. The van der Waals surface area contributed by atoms with Crippen molar-refractivity contribution >= 4 is 55.8 Å². The predicted molar refractivity (Wildman–Crippen MR) is 99.7 cm³/mol. The lowest BCUT2D eigenvalue weighted by molar-refractivity contribution is -0.118. The van der Waals surface area contributed by atoms with E-state index in [0.29, 0.717) is 20.9 Å². The number of aryl methyl sites for hydroxylation is 2. The smallest absolute Gasteiger partial charge is 0.264 e. The van der Waals surface area contributed by atoms with Gasteiger partial charge in [-0.15, -0.1) is 0 Å². The number of benzene rings is 2. The molecule has 1 N–H and O–H groups in total. The van der Waals surface area contributed by atoms with Crippen molar-refractivity contribution in [2.75, 3.05) is 11.9 Å². The molecule has 0 saturated carbocycles. The molecule has 0 fully saturated rings. The highest BCUT2D eigenvalue weighted by molar-refractivity contribution is 7.22. The fourth-order valence-corrected chi connectivity index (χ4v) is 3.84. The number of hydrogen-bond donors (Lipinski definition) is 1. The molecular weight excluding hydrogens is 367 g/mol. The van der Waals surface area contributed by atoms with Gasteiger partial charge in [0.2, 0.25) is 0 Å². The number of rotatable bonds is 4. The second-order valence-electron chi connectivity index (χ2n) is 5.36. The summed E-state index contributed by atoms with van der Waals surface area (Å²) < 4.78 is 6.46. The molecule has 3 aromatic rings. The van der Waals surface area contributed by atoms with Gasteiger partial charge in [-0.2, -0.15) is 0 Å². The number of nitrogens with one attached hydrogen (secondary N) is 1. The Labute approximate surface area is 153 Å². The van der Waals surface area contributed by atoms with Gasteiger partial charge in [-0.25, -0.2) is 4.98 Å². The van der Waals surface area contributed by atoms with Crippen molar-refractivity contribution in [3.63, 3.8) is 0 Å². The van der Waals surface area contributed by atoms with E-state index in [0.717, 1.165) is 15.8 Å². The lowest BCUT2D eigenvalue weighted by atomic mass is 10.1. The van der Waals surface area contributed by atoms with E-state index >= 15 is 0 Å². The van der Waals surface area contributed by atoms with Crippen LogP contribution in [0, 0.1) is 13.8 Å². The van der Waals surface area contributed by atoms with Gasteiger partial charge < -0.3 is 4.74 Å². The van der Waals surface area contributed by atoms with Crippen LogP contribution in [0.4, 0.5) is 5.13 Å². The molecule has 1 aromatic heterocycles. The highest BCUT2D eigenvalue weighted by atomic mass is 35.5. The standard InChI is InChI=1S/C17H14Cl2N2O2S/c1-9-5-10(2)16-14(6-9)24-17(21-16)20-15(22)8-23-13-4-3-11(18)7-12(13)19/h3-7H,8H2,1-2H3,(H,20,21,22). The summed E-state index contributed by atoms with van der Waals surface area (Å²) in [4.78, 5) is 16.5. The van der Waals surface area contributed by atoms with Crippen molar-refractivity contribution in [2.24, 2.45) is 0 Å². The van der Waals surface area contributed by atoms with Gasteiger partial charge in [0.15, 0.2) is 11.7 Å². The first-order chi connectivity index (χ1) is 11.4. The zero-order valence-electron chi connectivity index (χ0n) is 13.0. The number of amides is 1. The van der Waals surface area contributed by atoms with Crippen molar-refractivity contribution in [3.8, 4) is 5.75 Å². The summed E-state index contributed by atoms with van der Waals surface area (Å²) in [6.45, 7) is 3.88. The number of fused-ring (bicyclic) bond motifs is 1. The monoisotopic (exact) mass is 380 g/mol. The van der Waals surface area contributed by atoms with Crippen LogP contribution in [0.2, 0.25) is 10.0 Å². The third kappa shape index (κ3) is 3.80.